The van der Waals surface area contributed by atoms with Gasteiger partial charge >= 0.3 is 0 Å². The number of hydrogen-bond donors (Lipinski definition) is 0. The summed E-state index contributed by atoms with van der Waals surface area (Å²) in [7, 11) is 0. The fraction of sp³-hybridized carbons (Fsp3) is 0.630. The Bertz CT molecular complexity index is 1200. The molecule has 1 unspecified atom stereocenters. The van der Waals surface area contributed by atoms with Gasteiger partial charge in [0.2, 0.25) is 5.28 Å². The number of fused-ring (bicyclic) bond motifs is 1. The largest absolute Gasteiger partial charge is 0.376 e. The van der Waals surface area contributed by atoms with Crippen molar-refractivity contribution in [1.82, 2.24) is 29.9 Å². The van der Waals surface area contributed by atoms with Crippen molar-refractivity contribution in [3.8, 4) is 0 Å². The lowest BCUT2D eigenvalue weighted by atomic mass is 9.91. The minimum absolute atomic E-state index is 0.139. The normalized spacial score (nSPS) is 23.9. The van der Waals surface area contributed by atoms with E-state index in [1.807, 2.05) is 16.8 Å². The van der Waals surface area contributed by atoms with E-state index in [2.05, 4.69) is 69.9 Å². The van der Waals surface area contributed by atoms with Gasteiger partial charge in [-0.1, -0.05) is 49.7 Å². The van der Waals surface area contributed by atoms with Gasteiger partial charge in [-0.2, -0.15) is 9.97 Å². The molecule has 1 aromatic carbocycles. The monoisotopic (exact) mass is 545 g/mol. The summed E-state index contributed by atoms with van der Waals surface area (Å²) in [6.07, 6.45) is 4.35. The average molecular weight is 547 g/mol. The van der Waals surface area contributed by atoms with E-state index in [9.17, 15) is 0 Å². The molecule has 5 rings (SSSR count). The van der Waals surface area contributed by atoms with Gasteiger partial charge in [0.05, 0.1) is 12.6 Å². The van der Waals surface area contributed by atoms with Crippen molar-refractivity contribution in [3.05, 3.63) is 40.1 Å². The lowest BCUT2D eigenvalue weighted by molar-refractivity contribution is 0.0842. The summed E-state index contributed by atoms with van der Waals surface area (Å²) in [4.78, 5) is 14.2. The van der Waals surface area contributed by atoms with Gasteiger partial charge in [-0.3, -0.25) is 4.90 Å². The molecule has 0 saturated carbocycles. The van der Waals surface area contributed by atoms with E-state index < -0.39 is 0 Å². The van der Waals surface area contributed by atoms with Crippen LogP contribution in [0.2, 0.25) is 10.3 Å². The van der Waals surface area contributed by atoms with E-state index in [0.717, 1.165) is 56.2 Å². The number of hydrogen-bond acceptors (Lipinski definition) is 7. The number of aromatic nitrogens is 5. The first-order valence-corrected chi connectivity index (χ1v) is 14.3. The quantitative estimate of drug-likeness (QED) is 0.332. The molecule has 0 amide bonds. The molecule has 0 radical (unpaired) electrons. The Balaban J connectivity index is 1.44. The Kier molecular flexibility index (Phi) is 8.19. The zero-order chi connectivity index (χ0) is 26.1. The summed E-state index contributed by atoms with van der Waals surface area (Å²) in [5.74, 6) is 1.34. The van der Waals surface area contributed by atoms with Crippen LogP contribution in [0.1, 0.15) is 65.0 Å². The highest BCUT2D eigenvalue weighted by Crippen LogP contribution is 2.36. The smallest absolute Gasteiger partial charge is 0.226 e. The molecule has 37 heavy (non-hydrogen) atoms. The number of piperazine rings is 1. The minimum Gasteiger partial charge on any atom is -0.376 e. The third kappa shape index (κ3) is 5.72. The number of halogens is 2. The summed E-state index contributed by atoms with van der Waals surface area (Å²) in [5, 5.41) is 9.93. The second-order valence-electron chi connectivity index (χ2n) is 10.9. The number of anilines is 1. The Labute approximate surface area is 229 Å². The van der Waals surface area contributed by atoms with Crippen molar-refractivity contribution in [2.45, 2.75) is 84.2 Å². The van der Waals surface area contributed by atoms with Crippen molar-refractivity contribution >= 4 is 40.2 Å². The van der Waals surface area contributed by atoms with Crippen LogP contribution in [-0.4, -0.2) is 67.7 Å². The predicted molar refractivity (Wildman–Crippen MR) is 148 cm³/mol. The second-order valence-corrected chi connectivity index (χ2v) is 11.6. The van der Waals surface area contributed by atoms with Gasteiger partial charge in [0.25, 0.3) is 0 Å². The summed E-state index contributed by atoms with van der Waals surface area (Å²) < 4.78 is 7.63. The maximum atomic E-state index is 6.47. The summed E-state index contributed by atoms with van der Waals surface area (Å²) >= 11 is 12.7. The third-order valence-electron chi connectivity index (χ3n) is 7.69. The lowest BCUT2D eigenvalue weighted by Crippen LogP contribution is -2.58. The van der Waals surface area contributed by atoms with E-state index in [-0.39, 0.29) is 17.4 Å². The SMILES string of the molecule is CC[C@@H]1CN(c2nc(Cl)nc3c2nnn3C[C@H]2CCCO2)[C@@H](C)CN1C(CC(C)C)c1ccc(Cl)cc1. The van der Waals surface area contributed by atoms with Crippen LogP contribution >= 0.6 is 23.2 Å². The van der Waals surface area contributed by atoms with Crippen LogP contribution < -0.4 is 4.90 Å². The highest BCUT2D eigenvalue weighted by atomic mass is 35.5. The maximum Gasteiger partial charge on any atom is 0.226 e. The Hall–Kier alpha value is -2.00. The van der Waals surface area contributed by atoms with Gasteiger partial charge in [0.1, 0.15) is 0 Å². The van der Waals surface area contributed by atoms with Gasteiger partial charge in [-0.25, -0.2) is 4.68 Å². The Morgan fingerprint density at radius 2 is 1.89 bits per heavy atom. The van der Waals surface area contributed by atoms with E-state index in [0.29, 0.717) is 35.7 Å². The first-order chi connectivity index (χ1) is 17.8. The van der Waals surface area contributed by atoms with Gasteiger partial charge in [-0.05, 0) is 67.8 Å². The molecule has 10 heteroatoms. The molecule has 0 bridgehead atoms. The molecule has 3 aromatic rings. The molecule has 0 N–H and O–H groups in total. The molecule has 8 nitrogen and oxygen atoms in total. The van der Waals surface area contributed by atoms with Crippen LogP contribution in [0.3, 0.4) is 0 Å². The van der Waals surface area contributed by atoms with Crippen LogP contribution in [-0.2, 0) is 11.3 Å². The molecule has 2 saturated heterocycles. The highest BCUT2D eigenvalue weighted by Gasteiger charge is 2.37. The molecule has 2 aliphatic heterocycles. The zero-order valence-electron chi connectivity index (χ0n) is 22.1. The number of rotatable bonds is 8. The number of benzene rings is 1. The fourth-order valence-electron chi connectivity index (χ4n) is 5.82. The molecule has 4 atom stereocenters. The Morgan fingerprint density at radius 1 is 1.11 bits per heavy atom. The molecule has 4 heterocycles. The van der Waals surface area contributed by atoms with Crippen LogP contribution in [0, 0.1) is 5.92 Å². The van der Waals surface area contributed by atoms with Crippen LogP contribution in [0.15, 0.2) is 24.3 Å². The number of ether oxygens (including phenoxy) is 1. The number of nitrogens with zero attached hydrogens (tertiary/aromatic N) is 7. The van der Waals surface area contributed by atoms with Crippen molar-refractivity contribution in [1.29, 1.82) is 0 Å². The first kappa shape index (κ1) is 26.6. The first-order valence-electron chi connectivity index (χ1n) is 13.5. The van der Waals surface area contributed by atoms with Crippen molar-refractivity contribution in [3.63, 3.8) is 0 Å². The van der Waals surface area contributed by atoms with E-state index in [1.54, 1.807) is 0 Å². The lowest BCUT2D eigenvalue weighted by Gasteiger charge is -2.49. The topological polar surface area (TPSA) is 72.2 Å². The van der Waals surface area contributed by atoms with Gasteiger partial charge in [0, 0.05) is 42.8 Å². The summed E-state index contributed by atoms with van der Waals surface area (Å²) in [5.41, 5.74) is 2.70. The van der Waals surface area contributed by atoms with Crippen LogP contribution in [0.5, 0.6) is 0 Å². The molecule has 2 aliphatic rings. The van der Waals surface area contributed by atoms with Crippen molar-refractivity contribution < 1.29 is 4.74 Å². The molecule has 2 aromatic heterocycles. The maximum absolute atomic E-state index is 6.47. The van der Waals surface area contributed by atoms with Crippen molar-refractivity contribution in [2.24, 2.45) is 5.92 Å². The van der Waals surface area contributed by atoms with Gasteiger partial charge in [-0.15, -0.1) is 5.10 Å². The summed E-state index contributed by atoms with van der Waals surface area (Å²) in [6, 6.07) is 9.25. The zero-order valence-corrected chi connectivity index (χ0v) is 23.7. The second kappa shape index (κ2) is 11.4. The fourth-order valence-corrected chi connectivity index (χ4v) is 6.11. The van der Waals surface area contributed by atoms with Crippen molar-refractivity contribution in [2.75, 3.05) is 24.6 Å². The predicted octanol–water partition coefficient (Wildman–Crippen LogP) is 5.78. The van der Waals surface area contributed by atoms with Crippen LogP contribution in [0.4, 0.5) is 5.82 Å². The van der Waals surface area contributed by atoms with Gasteiger partial charge in [0.15, 0.2) is 17.0 Å². The molecule has 200 valence electrons. The molecular weight excluding hydrogens is 509 g/mol. The molecule has 0 spiro atoms. The third-order valence-corrected chi connectivity index (χ3v) is 8.12. The molecule has 2 fully saturated rings. The van der Waals surface area contributed by atoms with E-state index in [1.165, 1.54) is 5.56 Å². The minimum atomic E-state index is 0.139. The van der Waals surface area contributed by atoms with Crippen LogP contribution in [0.25, 0.3) is 11.2 Å². The standard InChI is InChI=1S/C27H37Cl2N7O/c1-5-21-15-34(18(4)14-35(21)23(13-17(2)3)19-8-10-20(28)11-9-19)25-24-26(31-27(29)30-25)36(33-32-24)16-22-7-6-12-37-22/h8-11,17-18,21-23H,5-7,12-16H2,1-4H3/t18-,21+,22+,23?/m0/s1. The Morgan fingerprint density at radius 3 is 2.57 bits per heavy atom. The van der Waals surface area contributed by atoms with E-state index in [4.69, 9.17) is 27.9 Å². The van der Waals surface area contributed by atoms with E-state index >= 15 is 0 Å². The summed E-state index contributed by atoms with van der Waals surface area (Å²) in [6.45, 7) is 12.3. The van der Waals surface area contributed by atoms with Gasteiger partial charge < -0.3 is 9.64 Å². The molecule has 0 aliphatic carbocycles. The molecular formula is C27H37Cl2N7O. The average Bonchev–Trinajstić information content (AvgIpc) is 3.53. The highest BCUT2D eigenvalue weighted by molar-refractivity contribution is 6.30.